The Morgan fingerprint density at radius 3 is 2.55 bits per heavy atom. The molecular formula is C34H40N6O2. The van der Waals surface area contributed by atoms with E-state index in [0.717, 1.165) is 71.9 Å². The number of carbonyl (C=O) groups is 1. The molecule has 5 rings (SSSR count). The highest BCUT2D eigenvalue weighted by atomic mass is 16.6. The van der Waals surface area contributed by atoms with Crippen molar-refractivity contribution in [3.05, 3.63) is 77.9 Å². The molecular weight excluding hydrogens is 524 g/mol. The van der Waals surface area contributed by atoms with Gasteiger partial charge in [-0.15, -0.1) is 5.10 Å². The van der Waals surface area contributed by atoms with Gasteiger partial charge >= 0.3 is 6.09 Å². The molecule has 0 radical (unpaired) electrons. The van der Waals surface area contributed by atoms with Crippen molar-refractivity contribution in [2.75, 3.05) is 12.4 Å². The maximum atomic E-state index is 13.1. The summed E-state index contributed by atoms with van der Waals surface area (Å²) in [4.78, 5) is 15.5. The molecule has 0 bridgehead atoms. The number of aromatic nitrogens is 3. The quantitative estimate of drug-likeness (QED) is 0.243. The summed E-state index contributed by atoms with van der Waals surface area (Å²) in [7, 11) is 2.19. The minimum atomic E-state index is -0.400. The summed E-state index contributed by atoms with van der Waals surface area (Å²) in [5, 5.41) is 20.7. The lowest BCUT2D eigenvalue weighted by molar-refractivity contribution is 0.0354. The van der Waals surface area contributed by atoms with E-state index >= 15 is 0 Å². The Hall–Kier alpha value is -4.22. The van der Waals surface area contributed by atoms with Crippen molar-refractivity contribution in [3.8, 4) is 17.2 Å². The summed E-state index contributed by atoms with van der Waals surface area (Å²) < 4.78 is 7.79. The largest absolute Gasteiger partial charge is 0.446 e. The molecule has 3 aromatic carbocycles. The first kappa shape index (κ1) is 29.3. The molecule has 0 spiro atoms. The zero-order valence-electron chi connectivity index (χ0n) is 25.0. The molecule has 1 heterocycles. The minimum Gasteiger partial charge on any atom is -0.446 e. The number of nitrogens with zero attached hydrogens (tertiary/aromatic N) is 5. The number of hydrogen-bond donors (Lipinski definition) is 1. The fourth-order valence-electron chi connectivity index (χ4n) is 5.75. The van der Waals surface area contributed by atoms with Crippen LogP contribution in [0.1, 0.15) is 64.0 Å². The molecule has 0 saturated heterocycles. The number of benzene rings is 3. The zero-order valence-corrected chi connectivity index (χ0v) is 25.0. The maximum Gasteiger partial charge on any atom is 0.411 e. The second-order valence-corrected chi connectivity index (χ2v) is 12.2. The van der Waals surface area contributed by atoms with Gasteiger partial charge in [0.05, 0.1) is 22.8 Å². The van der Waals surface area contributed by atoms with E-state index in [-0.39, 0.29) is 11.6 Å². The highest BCUT2D eigenvalue weighted by Crippen LogP contribution is 2.31. The Morgan fingerprint density at radius 2 is 1.83 bits per heavy atom. The van der Waals surface area contributed by atoms with Crippen molar-refractivity contribution >= 4 is 22.8 Å². The molecule has 8 nitrogen and oxygen atoms in total. The van der Waals surface area contributed by atoms with E-state index in [1.807, 2.05) is 41.1 Å². The van der Waals surface area contributed by atoms with E-state index in [9.17, 15) is 4.79 Å². The normalized spacial score (nSPS) is 17.2. The summed E-state index contributed by atoms with van der Waals surface area (Å²) >= 11 is 0. The van der Waals surface area contributed by atoms with Crippen molar-refractivity contribution < 1.29 is 9.53 Å². The van der Waals surface area contributed by atoms with Crippen LogP contribution >= 0.6 is 0 Å². The van der Waals surface area contributed by atoms with Gasteiger partial charge in [0.1, 0.15) is 11.6 Å². The highest BCUT2D eigenvalue weighted by Gasteiger charge is 2.31. The molecule has 0 unspecified atom stereocenters. The lowest BCUT2D eigenvalue weighted by atomic mass is 9.89. The minimum absolute atomic E-state index is 0.0697. The van der Waals surface area contributed by atoms with Crippen LogP contribution in [0, 0.1) is 11.3 Å². The van der Waals surface area contributed by atoms with Gasteiger partial charge in [-0.25, -0.2) is 9.48 Å². The Bertz CT molecular complexity index is 1560. The average molecular weight is 565 g/mol. The van der Waals surface area contributed by atoms with Gasteiger partial charge in [0, 0.05) is 23.7 Å². The van der Waals surface area contributed by atoms with E-state index in [0.29, 0.717) is 18.2 Å². The van der Waals surface area contributed by atoms with Gasteiger partial charge in [-0.2, -0.15) is 5.26 Å². The number of ether oxygens (including phenoxy) is 1. The lowest BCUT2D eigenvalue weighted by Crippen LogP contribution is -2.47. The Balaban J connectivity index is 1.24. The van der Waals surface area contributed by atoms with Crippen LogP contribution in [0.5, 0.6) is 0 Å². The van der Waals surface area contributed by atoms with Crippen LogP contribution in [-0.2, 0) is 17.7 Å². The number of carbonyl (C=O) groups excluding carboxylic acids is 1. The van der Waals surface area contributed by atoms with Crippen molar-refractivity contribution in [2.24, 2.45) is 0 Å². The third-order valence-electron chi connectivity index (χ3n) is 8.41. The molecule has 0 atom stereocenters. The van der Waals surface area contributed by atoms with Gasteiger partial charge in [-0.05, 0) is 102 Å². The zero-order chi connectivity index (χ0) is 29.7. The third kappa shape index (κ3) is 6.97. The van der Waals surface area contributed by atoms with Crippen molar-refractivity contribution in [1.82, 2.24) is 19.9 Å². The number of fused-ring (bicyclic) bond motifs is 1. The Kier molecular flexibility index (Phi) is 8.89. The lowest BCUT2D eigenvalue weighted by Gasteiger charge is -2.41. The van der Waals surface area contributed by atoms with Crippen LogP contribution in [0.15, 0.2) is 66.7 Å². The molecule has 8 heteroatoms. The van der Waals surface area contributed by atoms with Crippen LogP contribution in [0.4, 0.5) is 10.5 Å². The van der Waals surface area contributed by atoms with Gasteiger partial charge in [0.15, 0.2) is 0 Å². The third-order valence-corrected chi connectivity index (χ3v) is 8.41. The molecule has 42 heavy (non-hydrogen) atoms. The number of anilines is 1. The Labute approximate surface area is 248 Å². The van der Waals surface area contributed by atoms with E-state index in [1.54, 1.807) is 12.1 Å². The van der Waals surface area contributed by atoms with Crippen LogP contribution in [0.3, 0.4) is 0 Å². The molecule has 1 aliphatic carbocycles. The molecule has 1 fully saturated rings. The van der Waals surface area contributed by atoms with Gasteiger partial charge in [-0.3, -0.25) is 10.2 Å². The molecule has 1 amide bonds. The summed E-state index contributed by atoms with van der Waals surface area (Å²) in [5.74, 6) is 0. The molecule has 218 valence electrons. The molecule has 4 aromatic rings. The molecule has 1 N–H and O–H groups in total. The van der Waals surface area contributed by atoms with Crippen molar-refractivity contribution in [3.63, 3.8) is 0 Å². The first-order valence-corrected chi connectivity index (χ1v) is 14.8. The summed E-state index contributed by atoms with van der Waals surface area (Å²) in [5.41, 5.74) is 6.20. The number of aryl methyl sites for hydroxylation is 2. The van der Waals surface area contributed by atoms with Gasteiger partial charge in [0.25, 0.3) is 0 Å². The number of rotatable bonds is 8. The first-order valence-electron chi connectivity index (χ1n) is 14.8. The predicted molar refractivity (Wildman–Crippen MR) is 166 cm³/mol. The topological polar surface area (TPSA) is 96.1 Å². The van der Waals surface area contributed by atoms with E-state index in [1.165, 1.54) is 0 Å². The summed E-state index contributed by atoms with van der Waals surface area (Å²) in [6.45, 7) is 7.42. The van der Waals surface area contributed by atoms with Gasteiger partial charge < -0.3 is 4.74 Å². The van der Waals surface area contributed by atoms with Crippen molar-refractivity contribution in [2.45, 2.75) is 83.5 Å². The first-order chi connectivity index (χ1) is 20.2. The molecule has 0 aliphatic heterocycles. The fraction of sp³-hybridized carbons (Fsp3) is 0.412. The number of nitriles is 1. The van der Waals surface area contributed by atoms with Gasteiger partial charge in [0.2, 0.25) is 0 Å². The van der Waals surface area contributed by atoms with Crippen LogP contribution in [-0.4, -0.2) is 50.7 Å². The van der Waals surface area contributed by atoms with E-state index in [2.05, 4.69) is 72.6 Å². The second kappa shape index (κ2) is 12.7. The number of amides is 1. The molecule has 1 aromatic heterocycles. The van der Waals surface area contributed by atoms with E-state index in [4.69, 9.17) is 10.00 Å². The summed E-state index contributed by atoms with van der Waals surface area (Å²) in [6, 6.07) is 24.4. The summed E-state index contributed by atoms with van der Waals surface area (Å²) in [6.07, 6.45) is 4.98. The highest BCUT2D eigenvalue weighted by molar-refractivity contribution is 5.91. The smallest absolute Gasteiger partial charge is 0.411 e. The second-order valence-electron chi connectivity index (χ2n) is 12.2. The van der Waals surface area contributed by atoms with Crippen LogP contribution in [0.25, 0.3) is 22.2 Å². The SMILES string of the molecule is CN(C1CCC(OC(=O)Nc2cc(CCCn3nnc4cc(C#N)ccc43)ccc2-c2ccccc2)CC1)C(C)(C)C. The maximum absolute atomic E-state index is 13.1. The predicted octanol–water partition coefficient (Wildman–Crippen LogP) is 7.19. The van der Waals surface area contributed by atoms with Crippen LogP contribution < -0.4 is 5.32 Å². The number of hydrogen-bond acceptors (Lipinski definition) is 6. The monoisotopic (exact) mass is 564 g/mol. The fourth-order valence-corrected chi connectivity index (χ4v) is 5.75. The van der Waals surface area contributed by atoms with E-state index < -0.39 is 6.09 Å². The molecule has 1 aliphatic rings. The van der Waals surface area contributed by atoms with Gasteiger partial charge in [-0.1, -0.05) is 47.7 Å². The average Bonchev–Trinajstić information content (AvgIpc) is 3.39. The Morgan fingerprint density at radius 1 is 1.07 bits per heavy atom. The standard InChI is InChI=1S/C34H40N6O2/c1-34(2,3)39(4)27-14-16-28(17-15-27)42-33(41)36-30-21-24(12-18-29(30)26-10-6-5-7-11-26)9-8-20-40-32-19-13-25(23-35)22-31(32)37-38-40/h5-7,10-13,18-19,21-22,27-28H,8-9,14-17,20H2,1-4H3,(H,36,41). The van der Waals surface area contributed by atoms with Crippen LogP contribution in [0.2, 0.25) is 0 Å². The molecule has 1 saturated carbocycles. The number of nitrogens with one attached hydrogen (secondary N) is 1. The van der Waals surface area contributed by atoms with Crippen molar-refractivity contribution in [1.29, 1.82) is 5.26 Å².